The Labute approximate surface area is 216 Å². The number of methoxy groups -OCH3 is 2. The highest BCUT2D eigenvalue weighted by atomic mass is 31.1. The Morgan fingerprint density at radius 1 is 0.389 bits per heavy atom. The minimum Gasteiger partial charge on any atom is -0.493 e. The van der Waals surface area contributed by atoms with Gasteiger partial charge in [-0.25, -0.2) is 0 Å². The maximum absolute atomic E-state index is 5.84. The first kappa shape index (κ1) is 24.3. The summed E-state index contributed by atoms with van der Waals surface area (Å²) in [7, 11) is 1.75. The van der Waals surface area contributed by atoms with E-state index in [9.17, 15) is 0 Å². The van der Waals surface area contributed by atoms with Crippen molar-refractivity contribution in [1.82, 2.24) is 0 Å². The Morgan fingerprint density at radius 2 is 0.639 bits per heavy atom. The maximum Gasteiger partial charge on any atom is 0.161 e. The van der Waals surface area contributed by atoms with E-state index in [1.54, 1.807) is 14.2 Å². The van der Waals surface area contributed by atoms with Crippen molar-refractivity contribution in [3.05, 3.63) is 133 Å². The summed E-state index contributed by atoms with van der Waals surface area (Å²) < 4.78 is 11.7. The van der Waals surface area contributed by atoms with Crippen molar-refractivity contribution >= 4 is 47.7 Å². The summed E-state index contributed by atoms with van der Waals surface area (Å²) in [4.78, 5) is 0. The Hall–Kier alpha value is -3.44. The van der Waals surface area contributed by atoms with Crippen molar-refractivity contribution in [2.75, 3.05) is 14.2 Å². The lowest BCUT2D eigenvalue weighted by Crippen LogP contribution is -2.35. The molecule has 0 fully saturated rings. The monoisotopic (exact) mass is 506 g/mol. The van der Waals surface area contributed by atoms with Crippen LogP contribution in [0, 0.1) is 0 Å². The molecule has 5 aromatic rings. The SMILES string of the molecule is COc1cc(P(c2ccccc2)c2ccccc2)c(P(c2ccccc2)c2ccccc2)cc1OC. The van der Waals surface area contributed by atoms with Gasteiger partial charge in [0.05, 0.1) is 14.2 Å². The van der Waals surface area contributed by atoms with Crippen LogP contribution in [0.1, 0.15) is 0 Å². The van der Waals surface area contributed by atoms with Crippen LogP contribution >= 0.6 is 15.8 Å². The molecular weight excluding hydrogens is 478 g/mol. The average molecular weight is 507 g/mol. The molecule has 4 heteroatoms. The molecule has 0 aliphatic rings. The van der Waals surface area contributed by atoms with Crippen LogP contribution in [-0.4, -0.2) is 14.2 Å². The summed E-state index contributed by atoms with van der Waals surface area (Å²) in [5.41, 5.74) is 0. The quantitative estimate of drug-likeness (QED) is 0.269. The van der Waals surface area contributed by atoms with Crippen LogP contribution in [0.2, 0.25) is 0 Å². The van der Waals surface area contributed by atoms with E-state index in [1.807, 2.05) is 0 Å². The molecule has 0 aromatic heterocycles. The van der Waals surface area contributed by atoms with E-state index < -0.39 is 15.8 Å². The molecule has 0 heterocycles. The first-order valence-corrected chi connectivity index (χ1v) is 14.5. The molecule has 0 atom stereocenters. The summed E-state index contributed by atoms with van der Waals surface area (Å²) in [6, 6.07) is 47.7. The van der Waals surface area contributed by atoms with Crippen molar-refractivity contribution in [1.29, 1.82) is 0 Å². The summed E-state index contributed by atoms with van der Waals surface area (Å²) >= 11 is 0. The van der Waals surface area contributed by atoms with Gasteiger partial charge in [-0.1, -0.05) is 121 Å². The summed E-state index contributed by atoms with van der Waals surface area (Å²) in [6.07, 6.45) is 0. The van der Waals surface area contributed by atoms with Gasteiger partial charge in [-0.2, -0.15) is 0 Å². The normalized spacial score (nSPS) is 11.0. The molecule has 0 spiro atoms. The fourth-order valence-electron chi connectivity index (χ4n) is 4.38. The van der Waals surface area contributed by atoms with E-state index in [2.05, 4.69) is 133 Å². The summed E-state index contributed by atoms with van der Waals surface area (Å²) in [5, 5.41) is 7.82. The van der Waals surface area contributed by atoms with Crippen molar-refractivity contribution < 1.29 is 9.47 Å². The standard InChI is InChI=1S/C32H28O2P2/c1-33-29-23-31(35(25-15-7-3-8-16-25)26-17-9-4-10-18-26)32(24-30(29)34-2)36(27-19-11-5-12-20-27)28-21-13-6-14-22-28/h3-24H,1-2H3. The van der Waals surface area contributed by atoms with Crippen LogP contribution < -0.4 is 41.3 Å². The first-order valence-electron chi connectivity index (χ1n) is 11.9. The minimum atomic E-state index is -0.839. The molecule has 0 aliphatic heterocycles. The van der Waals surface area contributed by atoms with Crippen molar-refractivity contribution in [2.24, 2.45) is 0 Å². The zero-order valence-electron chi connectivity index (χ0n) is 20.4. The number of hydrogen-bond acceptors (Lipinski definition) is 2. The molecular formula is C32H28O2P2. The van der Waals surface area contributed by atoms with E-state index in [0.29, 0.717) is 0 Å². The second-order valence-corrected chi connectivity index (χ2v) is 12.6. The average Bonchev–Trinajstić information content (AvgIpc) is 2.96. The highest BCUT2D eigenvalue weighted by Crippen LogP contribution is 2.42. The Morgan fingerprint density at radius 3 is 0.861 bits per heavy atom. The smallest absolute Gasteiger partial charge is 0.161 e. The van der Waals surface area contributed by atoms with Crippen molar-refractivity contribution in [3.8, 4) is 11.5 Å². The van der Waals surface area contributed by atoms with Gasteiger partial charge in [0.2, 0.25) is 0 Å². The van der Waals surface area contributed by atoms with Gasteiger partial charge in [-0.05, 0) is 59.8 Å². The topological polar surface area (TPSA) is 18.5 Å². The van der Waals surface area contributed by atoms with Crippen LogP contribution in [0.4, 0.5) is 0 Å². The molecule has 0 N–H and O–H groups in total. The second kappa shape index (κ2) is 11.5. The van der Waals surface area contributed by atoms with Gasteiger partial charge in [0.15, 0.2) is 11.5 Å². The van der Waals surface area contributed by atoms with E-state index in [4.69, 9.17) is 9.47 Å². The Balaban J connectivity index is 1.84. The zero-order valence-corrected chi connectivity index (χ0v) is 22.2. The van der Waals surface area contributed by atoms with Crippen LogP contribution in [0.3, 0.4) is 0 Å². The fourth-order valence-corrected chi connectivity index (χ4v) is 9.65. The molecule has 178 valence electrons. The molecule has 0 bridgehead atoms. The number of ether oxygens (including phenoxy) is 2. The third-order valence-electron chi connectivity index (χ3n) is 6.02. The van der Waals surface area contributed by atoms with Gasteiger partial charge >= 0.3 is 0 Å². The van der Waals surface area contributed by atoms with Gasteiger partial charge in [0.1, 0.15) is 0 Å². The molecule has 5 aromatic carbocycles. The lowest BCUT2D eigenvalue weighted by atomic mass is 10.3. The Bertz CT molecular complexity index is 1200. The third kappa shape index (κ3) is 5.07. The molecule has 0 unspecified atom stereocenters. The van der Waals surface area contributed by atoms with Gasteiger partial charge in [-0.3, -0.25) is 0 Å². The molecule has 0 amide bonds. The first-order chi connectivity index (χ1) is 17.8. The Kier molecular flexibility index (Phi) is 7.77. The molecule has 5 rings (SSSR count). The molecule has 0 radical (unpaired) electrons. The molecule has 0 aliphatic carbocycles. The number of rotatable bonds is 8. The summed E-state index contributed by atoms with van der Waals surface area (Å²) in [6.45, 7) is 0. The van der Waals surface area contributed by atoms with E-state index in [0.717, 1.165) is 11.5 Å². The van der Waals surface area contributed by atoms with Gasteiger partial charge in [0.25, 0.3) is 0 Å². The fraction of sp³-hybridized carbons (Fsp3) is 0.0625. The van der Waals surface area contributed by atoms with Gasteiger partial charge in [-0.15, -0.1) is 0 Å². The highest BCUT2D eigenvalue weighted by Gasteiger charge is 2.28. The number of hydrogen-bond donors (Lipinski definition) is 0. The van der Waals surface area contributed by atoms with Crippen LogP contribution in [0.5, 0.6) is 11.5 Å². The third-order valence-corrected chi connectivity index (χ3v) is 11.2. The zero-order chi connectivity index (χ0) is 24.7. The lowest BCUT2D eigenvalue weighted by Gasteiger charge is -2.28. The van der Waals surface area contributed by atoms with Crippen LogP contribution in [0.15, 0.2) is 133 Å². The van der Waals surface area contributed by atoms with Crippen LogP contribution in [-0.2, 0) is 0 Å². The van der Waals surface area contributed by atoms with Crippen molar-refractivity contribution in [2.45, 2.75) is 0 Å². The number of benzene rings is 5. The molecule has 0 saturated carbocycles. The predicted octanol–water partition coefficient (Wildman–Crippen LogP) is 5.22. The maximum atomic E-state index is 5.84. The largest absolute Gasteiger partial charge is 0.493 e. The van der Waals surface area contributed by atoms with Crippen molar-refractivity contribution in [3.63, 3.8) is 0 Å². The minimum absolute atomic E-state index is 0.756. The second-order valence-electron chi connectivity index (χ2n) is 8.21. The highest BCUT2D eigenvalue weighted by molar-refractivity contribution is 7.85. The molecule has 0 saturated heterocycles. The van der Waals surface area contributed by atoms with E-state index >= 15 is 0 Å². The predicted molar refractivity (Wildman–Crippen MR) is 157 cm³/mol. The molecule has 2 nitrogen and oxygen atoms in total. The van der Waals surface area contributed by atoms with E-state index in [-0.39, 0.29) is 0 Å². The van der Waals surface area contributed by atoms with Gasteiger partial charge < -0.3 is 9.47 Å². The van der Waals surface area contributed by atoms with E-state index in [1.165, 1.54) is 31.8 Å². The summed E-state index contributed by atoms with van der Waals surface area (Å²) in [5.74, 6) is 1.51. The molecule has 36 heavy (non-hydrogen) atoms. The van der Waals surface area contributed by atoms with Gasteiger partial charge in [0, 0.05) is 0 Å². The lowest BCUT2D eigenvalue weighted by molar-refractivity contribution is 0.355. The van der Waals surface area contributed by atoms with Crippen LogP contribution in [0.25, 0.3) is 0 Å².